The van der Waals surface area contributed by atoms with E-state index >= 15 is 0 Å². The fourth-order valence-corrected chi connectivity index (χ4v) is 4.48. The lowest BCUT2D eigenvalue weighted by Gasteiger charge is -2.32. The number of hydrogen-bond acceptors (Lipinski definition) is 6. The van der Waals surface area contributed by atoms with Crippen LogP contribution in [0.15, 0.2) is 22.9 Å². The Balaban J connectivity index is 1.46. The van der Waals surface area contributed by atoms with Gasteiger partial charge in [-0.05, 0) is 36.8 Å². The maximum Gasteiger partial charge on any atom is 0.270 e. The van der Waals surface area contributed by atoms with Crippen molar-refractivity contribution in [3.8, 4) is 0 Å². The molecule has 3 heterocycles. The summed E-state index contributed by atoms with van der Waals surface area (Å²) in [4.78, 5) is 31.2. The number of piperidine rings is 1. The van der Waals surface area contributed by atoms with Crippen molar-refractivity contribution in [1.82, 2.24) is 15.2 Å². The van der Waals surface area contributed by atoms with Crippen LogP contribution in [-0.4, -0.2) is 41.3 Å². The molecular weight excluding hydrogens is 356 g/mol. The Kier molecular flexibility index (Phi) is 6.17. The largest absolute Gasteiger partial charge is 0.350 e. The van der Waals surface area contributed by atoms with Crippen molar-refractivity contribution < 1.29 is 9.59 Å². The number of nitrogens with one attached hydrogen (secondary N) is 2. The van der Waals surface area contributed by atoms with Crippen LogP contribution in [-0.2, 0) is 11.3 Å². The van der Waals surface area contributed by atoms with Crippen molar-refractivity contribution in [2.75, 3.05) is 25.0 Å². The molecule has 1 fully saturated rings. The van der Waals surface area contributed by atoms with Gasteiger partial charge in [-0.2, -0.15) is 0 Å². The second-order valence-corrected chi connectivity index (χ2v) is 8.14. The van der Waals surface area contributed by atoms with E-state index in [1.165, 1.54) is 23.1 Å². The van der Waals surface area contributed by atoms with Crippen LogP contribution in [0.2, 0.25) is 0 Å². The number of carbonyl (C=O) groups is 2. The van der Waals surface area contributed by atoms with E-state index in [1.807, 2.05) is 0 Å². The fraction of sp³-hybridized carbons (Fsp3) is 0.471. The highest BCUT2D eigenvalue weighted by Gasteiger charge is 2.21. The molecule has 25 heavy (non-hydrogen) atoms. The third kappa shape index (κ3) is 5.35. The van der Waals surface area contributed by atoms with Crippen molar-refractivity contribution in [3.05, 3.63) is 33.5 Å². The van der Waals surface area contributed by atoms with E-state index in [1.54, 1.807) is 16.7 Å². The van der Waals surface area contributed by atoms with Crippen molar-refractivity contribution in [1.29, 1.82) is 0 Å². The minimum Gasteiger partial charge on any atom is -0.350 e. The van der Waals surface area contributed by atoms with Gasteiger partial charge >= 0.3 is 0 Å². The van der Waals surface area contributed by atoms with E-state index in [-0.39, 0.29) is 11.8 Å². The first-order valence-electron chi connectivity index (χ1n) is 8.36. The van der Waals surface area contributed by atoms with Crippen molar-refractivity contribution in [2.45, 2.75) is 26.3 Å². The van der Waals surface area contributed by atoms with E-state index in [9.17, 15) is 9.59 Å². The number of amides is 2. The van der Waals surface area contributed by atoms with Crippen LogP contribution < -0.4 is 10.6 Å². The molecule has 1 aliphatic heterocycles. The van der Waals surface area contributed by atoms with Gasteiger partial charge in [0.05, 0.1) is 0 Å². The van der Waals surface area contributed by atoms with Crippen molar-refractivity contribution >= 4 is 39.6 Å². The highest BCUT2D eigenvalue weighted by atomic mass is 32.1. The molecule has 1 aliphatic rings. The number of anilines is 1. The summed E-state index contributed by atoms with van der Waals surface area (Å²) in [5, 5.41) is 9.82. The number of nitrogens with zero attached hydrogens (tertiary/aromatic N) is 2. The predicted molar refractivity (Wildman–Crippen MR) is 101 cm³/mol. The van der Waals surface area contributed by atoms with Gasteiger partial charge in [-0.3, -0.25) is 14.5 Å². The summed E-state index contributed by atoms with van der Waals surface area (Å²) in [5.41, 5.74) is 0.361. The Morgan fingerprint density at radius 2 is 2.28 bits per heavy atom. The lowest BCUT2D eigenvalue weighted by molar-refractivity contribution is -0.114. The first kappa shape index (κ1) is 18.0. The topological polar surface area (TPSA) is 74.3 Å². The van der Waals surface area contributed by atoms with E-state index in [0.717, 1.165) is 32.5 Å². The molecule has 1 atom stereocenters. The molecule has 1 saturated heterocycles. The molecular formula is C17H22N4O2S2. The van der Waals surface area contributed by atoms with Gasteiger partial charge in [0, 0.05) is 36.8 Å². The van der Waals surface area contributed by atoms with Crippen LogP contribution in [0.1, 0.15) is 35.1 Å². The minimum absolute atomic E-state index is 0.178. The summed E-state index contributed by atoms with van der Waals surface area (Å²) in [6.45, 7) is 5.20. The monoisotopic (exact) mass is 378 g/mol. The minimum atomic E-state index is -0.186. The third-order valence-corrected chi connectivity index (χ3v) is 5.75. The summed E-state index contributed by atoms with van der Waals surface area (Å²) >= 11 is 3.05. The number of likely N-dealkylation sites (tertiary alicyclic amines) is 1. The van der Waals surface area contributed by atoms with Crippen LogP contribution in [0.5, 0.6) is 0 Å². The summed E-state index contributed by atoms with van der Waals surface area (Å²) in [7, 11) is 0. The second-order valence-electron chi connectivity index (χ2n) is 6.25. The second kappa shape index (κ2) is 8.55. The van der Waals surface area contributed by atoms with Crippen LogP contribution in [0.3, 0.4) is 0 Å². The SMILES string of the molecule is CC(=O)Nc1nc(C(=O)NC[C@@H]2CCCN(Cc3cccs3)C2)cs1. The number of aromatic nitrogens is 1. The molecule has 0 spiro atoms. The molecule has 0 unspecified atom stereocenters. The smallest absolute Gasteiger partial charge is 0.270 e. The first-order chi connectivity index (χ1) is 12.1. The van der Waals surface area contributed by atoms with Crippen molar-refractivity contribution in [3.63, 3.8) is 0 Å². The molecule has 0 aliphatic carbocycles. The van der Waals surface area contributed by atoms with Gasteiger partial charge in [-0.25, -0.2) is 4.98 Å². The zero-order valence-electron chi connectivity index (χ0n) is 14.2. The third-order valence-electron chi connectivity index (χ3n) is 4.13. The van der Waals surface area contributed by atoms with Gasteiger partial charge in [0.2, 0.25) is 5.91 Å². The van der Waals surface area contributed by atoms with Gasteiger partial charge in [-0.15, -0.1) is 22.7 Å². The summed E-state index contributed by atoms with van der Waals surface area (Å²) < 4.78 is 0. The Morgan fingerprint density at radius 1 is 1.40 bits per heavy atom. The zero-order valence-corrected chi connectivity index (χ0v) is 15.8. The number of hydrogen-bond donors (Lipinski definition) is 2. The number of thiazole rings is 1. The Hall–Kier alpha value is -1.77. The molecule has 3 rings (SSSR count). The van der Waals surface area contributed by atoms with E-state index in [4.69, 9.17) is 0 Å². The quantitative estimate of drug-likeness (QED) is 0.811. The number of carbonyl (C=O) groups excluding carboxylic acids is 2. The molecule has 0 aromatic carbocycles. The van der Waals surface area contributed by atoms with E-state index < -0.39 is 0 Å². The fourth-order valence-electron chi connectivity index (χ4n) is 3.00. The van der Waals surface area contributed by atoms with Crippen LogP contribution in [0, 0.1) is 5.92 Å². The molecule has 2 aromatic rings. The van der Waals surface area contributed by atoms with Gasteiger partial charge in [0.15, 0.2) is 5.13 Å². The lowest BCUT2D eigenvalue weighted by Crippen LogP contribution is -2.40. The molecule has 0 bridgehead atoms. The maximum atomic E-state index is 12.2. The maximum absolute atomic E-state index is 12.2. The molecule has 2 N–H and O–H groups in total. The number of rotatable bonds is 6. The van der Waals surface area contributed by atoms with Crippen LogP contribution in [0.25, 0.3) is 0 Å². The average molecular weight is 379 g/mol. The molecule has 2 amide bonds. The Morgan fingerprint density at radius 3 is 3.04 bits per heavy atom. The first-order valence-corrected chi connectivity index (χ1v) is 10.1. The Labute approximate surface area is 155 Å². The average Bonchev–Trinajstić information content (AvgIpc) is 3.24. The van der Waals surface area contributed by atoms with Gasteiger partial charge in [-0.1, -0.05) is 6.07 Å². The number of thiophene rings is 1. The highest BCUT2D eigenvalue weighted by Crippen LogP contribution is 2.20. The van der Waals surface area contributed by atoms with Crippen molar-refractivity contribution in [2.24, 2.45) is 5.92 Å². The summed E-state index contributed by atoms with van der Waals surface area (Å²) in [6.07, 6.45) is 2.30. The normalized spacial score (nSPS) is 18.0. The van der Waals surface area contributed by atoms with Gasteiger partial charge in [0.1, 0.15) is 5.69 Å². The zero-order chi connectivity index (χ0) is 17.6. The molecule has 0 radical (unpaired) electrons. The van der Waals surface area contributed by atoms with E-state index in [0.29, 0.717) is 23.3 Å². The lowest BCUT2D eigenvalue weighted by atomic mass is 9.98. The standard InChI is InChI=1S/C17H22N4O2S2/c1-12(22)19-17-20-15(11-25-17)16(23)18-8-13-4-2-6-21(9-13)10-14-5-3-7-24-14/h3,5,7,11,13H,2,4,6,8-10H2,1H3,(H,18,23)(H,19,20,22)/t13-/m0/s1. The molecule has 2 aromatic heterocycles. The predicted octanol–water partition coefficient (Wildman–Crippen LogP) is 2.81. The summed E-state index contributed by atoms with van der Waals surface area (Å²) in [6, 6.07) is 4.26. The van der Waals surface area contributed by atoms with Gasteiger partial charge in [0.25, 0.3) is 5.91 Å². The van der Waals surface area contributed by atoms with E-state index in [2.05, 4.69) is 38.0 Å². The highest BCUT2D eigenvalue weighted by molar-refractivity contribution is 7.14. The molecule has 134 valence electrons. The molecule has 0 saturated carbocycles. The molecule has 6 nitrogen and oxygen atoms in total. The van der Waals surface area contributed by atoms with Gasteiger partial charge < -0.3 is 10.6 Å². The molecule has 8 heteroatoms. The van der Waals surface area contributed by atoms with Crippen LogP contribution in [0.4, 0.5) is 5.13 Å². The Bertz CT molecular complexity index is 714. The van der Waals surface area contributed by atoms with Crippen LogP contribution >= 0.6 is 22.7 Å². The summed E-state index contributed by atoms with van der Waals surface area (Å²) in [5.74, 6) is 0.101.